The quantitative estimate of drug-likeness (QED) is 0.918. The number of pyridine rings is 1. The molecule has 1 atom stereocenters. The van der Waals surface area contributed by atoms with Gasteiger partial charge in [-0.3, -0.25) is 4.98 Å². The number of aryl methyl sites for hydroxylation is 1. The smallest absolute Gasteiger partial charge is 0.106 e. The van der Waals surface area contributed by atoms with Crippen LogP contribution in [0, 0.1) is 13.8 Å². The van der Waals surface area contributed by atoms with E-state index in [9.17, 15) is 5.11 Å². The number of aromatic nitrogens is 1. The maximum atomic E-state index is 10.4. The highest BCUT2D eigenvalue weighted by atomic mass is 79.9. The Morgan fingerprint density at radius 2 is 1.94 bits per heavy atom. The van der Waals surface area contributed by atoms with E-state index in [1.807, 2.05) is 38.1 Å². The summed E-state index contributed by atoms with van der Waals surface area (Å²) < 4.78 is 1.01. The second-order valence-corrected chi connectivity index (χ2v) is 4.94. The number of nitrogens with zero attached hydrogens (tertiary/aromatic N) is 1. The zero-order valence-corrected chi connectivity index (χ0v) is 11.4. The lowest BCUT2D eigenvalue weighted by molar-refractivity contribution is 0.218. The van der Waals surface area contributed by atoms with Crippen LogP contribution in [0.3, 0.4) is 0 Å². The van der Waals surface area contributed by atoms with E-state index < -0.39 is 6.10 Å². The van der Waals surface area contributed by atoms with Crippen molar-refractivity contribution in [3.8, 4) is 0 Å². The lowest BCUT2D eigenvalue weighted by atomic mass is 9.96. The fourth-order valence-electron chi connectivity index (χ4n) is 1.85. The number of halogens is 1. The Labute approximate surface area is 109 Å². The number of aliphatic hydroxyl groups is 1. The molecule has 1 N–H and O–H groups in total. The molecule has 0 amide bonds. The normalized spacial score (nSPS) is 12.5. The molecule has 0 radical (unpaired) electrons. The van der Waals surface area contributed by atoms with Crippen molar-refractivity contribution in [3.63, 3.8) is 0 Å². The Morgan fingerprint density at radius 1 is 1.18 bits per heavy atom. The minimum Gasteiger partial charge on any atom is -0.384 e. The minimum atomic E-state index is -0.624. The van der Waals surface area contributed by atoms with Crippen LogP contribution >= 0.6 is 15.9 Å². The zero-order chi connectivity index (χ0) is 12.4. The molecular formula is C14H14BrNO. The summed E-state index contributed by atoms with van der Waals surface area (Å²) in [5.74, 6) is 0. The molecule has 1 aromatic heterocycles. The van der Waals surface area contributed by atoms with Gasteiger partial charge >= 0.3 is 0 Å². The van der Waals surface area contributed by atoms with Gasteiger partial charge in [-0.1, -0.05) is 28.1 Å². The first-order valence-corrected chi connectivity index (χ1v) is 6.24. The van der Waals surface area contributed by atoms with E-state index >= 15 is 0 Å². The van der Waals surface area contributed by atoms with Crippen molar-refractivity contribution in [1.82, 2.24) is 4.98 Å². The molecule has 2 nitrogen and oxygen atoms in total. The highest BCUT2D eigenvalue weighted by Crippen LogP contribution is 2.29. The van der Waals surface area contributed by atoms with Gasteiger partial charge in [0.1, 0.15) is 6.10 Å². The summed E-state index contributed by atoms with van der Waals surface area (Å²) in [6.07, 6.45) is 2.83. The standard InChI is InChI=1S/C14H14BrNO/c1-9-6-7-16-8-12(9)14(17)11-4-3-5-13(15)10(11)2/h3-8,14,17H,1-2H3. The molecule has 2 rings (SSSR count). The molecule has 1 heterocycles. The molecule has 88 valence electrons. The maximum absolute atomic E-state index is 10.4. The van der Waals surface area contributed by atoms with Crippen LogP contribution in [-0.2, 0) is 0 Å². The highest BCUT2D eigenvalue weighted by Gasteiger charge is 2.15. The van der Waals surface area contributed by atoms with Crippen molar-refractivity contribution in [1.29, 1.82) is 0 Å². The van der Waals surface area contributed by atoms with Crippen molar-refractivity contribution in [2.45, 2.75) is 20.0 Å². The van der Waals surface area contributed by atoms with Gasteiger partial charge in [0.15, 0.2) is 0 Å². The van der Waals surface area contributed by atoms with Gasteiger partial charge < -0.3 is 5.11 Å². The highest BCUT2D eigenvalue weighted by molar-refractivity contribution is 9.10. The molecule has 0 aliphatic carbocycles. The van der Waals surface area contributed by atoms with Gasteiger partial charge in [0.25, 0.3) is 0 Å². The Kier molecular flexibility index (Phi) is 3.60. The summed E-state index contributed by atoms with van der Waals surface area (Å²) in [6, 6.07) is 7.76. The number of rotatable bonds is 2. The first-order chi connectivity index (χ1) is 8.11. The molecular weight excluding hydrogens is 278 g/mol. The molecule has 0 aliphatic rings. The number of hydrogen-bond acceptors (Lipinski definition) is 2. The van der Waals surface area contributed by atoms with Crippen LogP contribution in [0.4, 0.5) is 0 Å². The molecule has 0 fully saturated rings. The van der Waals surface area contributed by atoms with E-state index in [2.05, 4.69) is 20.9 Å². The molecule has 1 aromatic carbocycles. The summed E-state index contributed by atoms with van der Waals surface area (Å²) in [4.78, 5) is 4.07. The van der Waals surface area contributed by atoms with Gasteiger partial charge in [0, 0.05) is 22.4 Å². The van der Waals surface area contributed by atoms with Crippen LogP contribution in [0.25, 0.3) is 0 Å². The molecule has 0 saturated heterocycles. The van der Waals surface area contributed by atoms with Gasteiger partial charge in [-0.05, 0) is 42.7 Å². The van der Waals surface area contributed by atoms with Crippen LogP contribution in [-0.4, -0.2) is 10.1 Å². The number of hydrogen-bond donors (Lipinski definition) is 1. The molecule has 1 unspecified atom stereocenters. The van der Waals surface area contributed by atoms with E-state index in [0.717, 1.165) is 26.7 Å². The van der Waals surface area contributed by atoms with E-state index in [-0.39, 0.29) is 0 Å². The Balaban J connectivity index is 2.48. The predicted octanol–water partition coefficient (Wildman–Crippen LogP) is 3.54. The second kappa shape index (κ2) is 4.98. The number of aliphatic hydroxyl groups excluding tert-OH is 1. The van der Waals surface area contributed by atoms with Crippen molar-refractivity contribution in [2.75, 3.05) is 0 Å². The monoisotopic (exact) mass is 291 g/mol. The van der Waals surface area contributed by atoms with Crippen LogP contribution in [0.1, 0.15) is 28.4 Å². The summed E-state index contributed by atoms with van der Waals surface area (Å²) in [6.45, 7) is 3.97. The Hall–Kier alpha value is -1.19. The van der Waals surface area contributed by atoms with Crippen molar-refractivity contribution in [2.24, 2.45) is 0 Å². The first-order valence-electron chi connectivity index (χ1n) is 5.45. The summed E-state index contributed by atoms with van der Waals surface area (Å²) >= 11 is 3.48. The van der Waals surface area contributed by atoms with Crippen molar-refractivity contribution < 1.29 is 5.11 Å². The van der Waals surface area contributed by atoms with Gasteiger partial charge in [-0.15, -0.1) is 0 Å². The van der Waals surface area contributed by atoms with Crippen LogP contribution in [0.2, 0.25) is 0 Å². The predicted molar refractivity (Wildman–Crippen MR) is 71.9 cm³/mol. The Bertz CT molecular complexity index is 539. The topological polar surface area (TPSA) is 33.1 Å². The van der Waals surface area contributed by atoms with Gasteiger partial charge in [-0.2, -0.15) is 0 Å². The third-order valence-corrected chi connectivity index (χ3v) is 3.84. The fraction of sp³-hybridized carbons (Fsp3) is 0.214. The van der Waals surface area contributed by atoms with Gasteiger partial charge in [0.05, 0.1) is 0 Å². The van der Waals surface area contributed by atoms with E-state index in [1.165, 1.54) is 0 Å². The molecule has 0 saturated carbocycles. The third-order valence-electron chi connectivity index (χ3n) is 2.98. The van der Waals surface area contributed by atoms with Gasteiger partial charge in [0.2, 0.25) is 0 Å². The zero-order valence-electron chi connectivity index (χ0n) is 9.81. The largest absolute Gasteiger partial charge is 0.384 e. The summed E-state index contributed by atoms with van der Waals surface area (Å²) in [5.41, 5.74) is 3.87. The lowest BCUT2D eigenvalue weighted by Crippen LogP contribution is -2.04. The summed E-state index contributed by atoms with van der Waals surface area (Å²) in [5, 5.41) is 10.4. The van der Waals surface area contributed by atoms with Crippen molar-refractivity contribution >= 4 is 15.9 Å². The lowest BCUT2D eigenvalue weighted by Gasteiger charge is -2.16. The molecule has 3 heteroatoms. The minimum absolute atomic E-state index is 0.624. The molecule has 2 aromatic rings. The first kappa shape index (κ1) is 12.3. The van der Waals surface area contributed by atoms with E-state index in [4.69, 9.17) is 0 Å². The average Bonchev–Trinajstić information content (AvgIpc) is 2.32. The van der Waals surface area contributed by atoms with Gasteiger partial charge in [-0.25, -0.2) is 0 Å². The van der Waals surface area contributed by atoms with Crippen LogP contribution in [0.15, 0.2) is 41.1 Å². The molecule has 17 heavy (non-hydrogen) atoms. The van der Waals surface area contributed by atoms with E-state index in [1.54, 1.807) is 12.4 Å². The fourth-order valence-corrected chi connectivity index (χ4v) is 2.23. The van der Waals surface area contributed by atoms with E-state index in [0.29, 0.717) is 0 Å². The van der Waals surface area contributed by atoms with Crippen LogP contribution in [0.5, 0.6) is 0 Å². The summed E-state index contributed by atoms with van der Waals surface area (Å²) in [7, 11) is 0. The molecule has 0 aliphatic heterocycles. The van der Waals surface area contributed by atoms with Crippen molar-refractivity contribution in [3.05, 3.63) is 63.4 Å². The SMILES string of the molecule is Cc1ccncc1C(O)c1cccc(Br)c1C. The average molecular weight is 292 g/mol. The number of benzene rings is 1. The maximum Gasteiger partial charge on any atom is 0.106 e. The van der Waals surface area contributed by atoms with Crippen LogP contribution < -0.4 is 0 Å². The second-order valence-electron chi connectivity index (χ2n) is 4.09. The molecule has 0 spiro atoms. The third kappa shape index (κ3) is 2.40. The molecule has 0 bridgehead atoms. The Morgan fingerprint density at radius 3 is 2.65 bits per heavy atom.